The molecule has 178 valence electrons. The molecule has 0 aliphatic rings. The molecule has 0 bridgehead atoms. The molecule has 0 aliphatic heterocycles. The predicted molar refractivity (Wildman–Crippen MR) is 145 cm³/mol. The maximum atomic E-state index is 6.61. The number of nitrogens with zero attached hydrogens (tertiary/aromatic N) is 2. The van der Waals surface area contributed by atoms with Gasteiger partial charge in [0.1, 0.15) is 0 Å². The van der Waals surface area contributed by atoms with Gasteiger partial charge in [0.05, 0.1) is 0 Å². The second-order valence-corrected chi connectivity index (χ2v) is 8.81. The van der Waals surface area contributed by atoms with Gasteiger partial charge in [-0.25, -0.2) is 0 Å². The lowest BCUT2D eigenvalue weighted by molar-refractivity contribution is 0.355. The highest BCUT2D eigenvalue weighted by atomic mass is 35.5. The SMILES string of the molecule is C=C/C(=C\C=C(/CCC)NCCc1ccc(-c2ccnc(C)c2)c(Cl)c1)N(CCC)CCC. The third kappa shape index (κ3) is 8.74. The Labute approximate surface area is 206 Å². The quantitative estimate of drug-likeness (QED) is 0.289. The standard InChI is InChI=1S/C29H40ClN3/c1-6-10-26(12-13-27(9-4)33(19-7-2)20-8-3)32-17-15-24-11-14-28(29(30)22-24)25-16-18-31-23(5)21-25/h9,11-14,16,18,21-22,32H,4,6-8,10,15,17,19-20H2,1-3,5H3/b26-12+,27-13+. The molecule has 1 heterocycles. The number of halogens is 1. The molecule has 1 N–H and O–H groups in total. The van der Waals surface area contributed by atoms with Crippen molar-refractivity contribution in [1.82, 2.24) is 15.2 Å². The molecule has 3 nitrogen and oxygen atoms in total. The minimum absolute atomic E-state index is 0.785. The average molecular weight is 466 g/mol. The van der Waals surface area contributed by atoms with Gasteiger partial charge in [0.2, 0.25) is 0 Å². The molecule has 0 fully saturated rings. The molecule has 2 aromatic rings. The van der Waals surface area contributed by atoms with Crippen molar-refractivity contribution < 1.29 is 0 Å². The van der Waals surface area contributed by atoms with Crippen molar-refractivity contribution in [3.63, 3.8) is 0 Å². The minimum Gasteiger partial charge on any atom is -0.388 e. The van der Waals surface area contributed by atoms with Crippen molar-refractivity contribution in [3.05, 3.63) is 89.0 Å². The van der Waals surface area contributed by atoms with Crippen molar-refractivity contribution in [3.8, 4) is 11.1 Å². The fraction of sp³-hybridized carbons (Fsp3) is 0.414. The summed E-state index contributed by atoms with van der Waals surface area (Å²) in [4.78, 5) is 6.69. The van der Waals surface area contributed by atoms with Crippen LogP contribution in [0.5, 0.6) is 0 Å². The van der Waals surface area contributed by atoms with Crippen molar-refractivity contribution in [1.29, 1.82) is 0 Å². The fourth-order valence-electron chi connectivity index (χ4n) is 3.93. The first-order valence-corrected chi connectivity index (χ1v) is 12.6. The Kier molecular flexibility index (Phi) is 11.8. The molecule has 1 aromatic carbocycles. The molecule has 0 radical (unpaired) electrons. The van der Waals surface area contributed by atoms with E-state index >= 15 is 0 Å². The van der Waals surface area contributed by atoms with Gasteiger partial charge >= 0.3 is 0 Å². The number of nitrogens with one attached hydrogen (secondary N) is 1. The van der Waals surface area contributed by atoms with E-state index in [2.05, 4.69) is 79.0 Å². The van der Waals surface area contributed by atoms with Gasteiger partial charge in [-0.1, -0.05) is 57.5 Å². The summed E-state index contributed by atoms with van der Waals surface area (Å²) in [5.41, 5.74) is 6.85. The Bertz CT molecular complexity index is 940. The van der Waals surface area contributed by atoms with E-state index in [-0.39, 0.29) is 0 Å². The van der Waals surface area contributed by atoms with Crippen molar-refractivity contribution in [2.24, 2.45) is 0 Å². The Morgan fingerprint density at radius 3 is 2.42 bits per heavy atom. The van der Waals surface area contributed by atoms with Crippen LogP contribution in [0.15, 0.2) is 72.7 Å². The maximum absolute atomic E-state index is 6.61. The van der Waals surface area contributed by atoms with E-state index in [1.807, 2.05) is 25.3 Å². The van der Waals surface area contributed by atoms with Gasteiger partial charge in [0.25, 0.3) is 0 Å². The first kappa shape index (κ1) is 26.7. The second-order valence-electron chi connectivity index (χ2n) is 8.40. The highest BCUT2D eigenvalue weighted by Crippen LogP contribution is 2.29. The van der Waals surface area contributed by atoms with Crippen LogP contribution < -0.4 is 5.32 Å². The summed E-state index contributed by atoms with van der Waals surface area (Å²) in [6, 6.07) is 10.4. The molecule has 1 aromatic heterocycles. The highest BCUT2D eigenvalue weighted by molar-refractivity contribution is 6.33. The Morgan fingerprint density at radius 2 is 1.82 bits per heavy atom. The first-order valence-electron chi connectivity index (χ1n) is 12.3. The van der Waals surface area contributed by atoms with Crippen LogP contribution in [0.1, 0.15) is 57.7 Å². The van der Waals surface area contributed by atoms with Crippen LogP contribution in [0.25, 0.3) is 11.1 Å². The zero-order valence-corrected chi connectivity index (χ0v) is 21.6. The summed E-state index contributed by atoms with van der Waals surface area (Å²) in [6.45, 7) is 15.7. The fourth-order valence-corrected chi connectivity index (χ4v) is 4.24. The van der Waals surface area contributed by atoms with Crippen LogP contribution in [-0.2, 0) is 6.42 Å². The van der Waals surface area contributed by atoms with Gasteiger partial charge in [0.15, 0.2) is 0 Å². The number of aryl methyl sites for hydroxylation is 1. The van der Waals surface area contributed by atoms with Crippen LogP contribution in [0.4, 0.5) is 0 Å². The highest BCUT2D eigenvalue weighted by Gasteiger charge is 2.07. The lowest BCUT2D eigenvalue weighted by Crippen LogP contribution is -2.24. The van der Waals surface area contributed by atoms with Crippen LogP contribution >= 0.6 is 11.6 Å². The van der Waals surface area contributed by atoms with Gasteiger partial charge in [-0.15, -0.1) is 0 Å². The molecular formula is C29H40ClN3. The van der Waals surface area contributed by atoms with Crippen molar-refractivity contribution in [2.75, 3.05) is 19.6 Å². The summed E-state index contributed by atoms with van der Waals surface area (Å²) in [7, 11) is 0. The zero-order chi connectivity index (χ0) is 24.1. The smallest absolute Gasteiger partial charge is 0.0487 e. The van der Waals surface area contributed by atoms with Crippen LogP contribution in [0.3, 0.4) is 0 Å². The molecule has 0 amide bonds. The number of benzene rings is 1. The monoisotopic (exact) mass is 465 g/mol. The summed E-state index contributed by atoms with van der Waals surface area (Å²) >= 11 is 6.61. The summed E-state index contributed by atoms with van der Waals surface area (Å²) in [5, 5.41) is 4.42. The van der Waals surface area contributed by atoms with E-state index in [4.69, 9.17) is 11.6 Å². The molecule has 0 aliphatic carbocycles. The van der Waals surface area contributed by atoms with Crippen LogP contribution in [-0.4, -0.2) is 29.5 Å². The van der Waals surface area contributed by atoms with Gasteiger partial charge in [-0.3, -0.25) is 4.98 Å². The van der Waals surface area contributed by atoms with Crippen molar-refractivity contribution >= 4 is 11.6 Å². The van der Waals surface area contributed by atoms with Gasteiger partial charge in [0, 0.05) is 53.5 Å². The first-order chi connectivity index (χ1) is 16.0. The number of pyridine rings is 1. The van der Waals surface area contributed by atoms with Gasteiger partial charge < -0.3 is 10.2 Å². The Hall–Kier alpha value is -2.52. The number of aromatic nitrogens is 1. The lowest BCUT2D eigenvalue weighted by Gasteiger charge is -2.24. The number of hydrogen-bond donors (Lipinski definition) is 1. The van der Waals surface area contributed by atoms with E-state index < -0.39 is 0 Å². The average Bonchev–Trinajstić information content (AvgIpc) is 2.79. The lowest BCUT2D eigenvalue weighted by atomic mass is 10.0. The summed E-state index contributed by atoms with van der Waals surface area (Å²) in [6.07, 6.45) is 13.6. The zero-order valence-electron chi connectivity index (χ0n) is 20.8. The third-order valence-corrected chi connectivity index (χ3v) is 5.86. The molecule has 0 unspecified atom stereocenters. The molecule has 4 heteroatoms. The van der Waals surface area contributed by atoms with Crippen LogP contribution in [0.2, 0.25) is 5.02 Å². The Balaban J connectivity index is 2.04. The van der Waals surface area contributed by atoms with E-state index in [9.17, 15) is 0 Å². The summed E-state index contributed by atoms with van der Waals surface area (Å²) < 4.78 is 0. The molecule has 0 saturated carbocycles. The maximum Gasteiger partial charge on any atom is 0.0487 e. The van der Waals surface area contributed by atoms with E-state index in [0.29, 0.717) is 0 Å². The molecule has 33 heavy (non-hydrogen) atoms. The normalized spacial score (nSPS) is 12.0. The molecular weight excluding hydrogens is 426 g/mol. The summed E-state index contributed by atoms with van der Waals surface area (Å²) in [5.74, 6) is 0. The van der Waals surface area contributed by atoms with E-state index in [0.717, 1.165) is 73.6 Å². The van der Waals surface area contributed by atoms with Crippen molar-refractivity contribution in [2.45, 2.75) is 59.8 Å². The molecule has 0 atom stereocenters. The third-order valence-electron chi connectivity index (χ3n) is 5.54. The largest absolute Gasteiger partial charge is 0.388 e. The number of rotatable bonds is 14. The number of allylic oxidation sites excluding steroid dienone is 4. The van der Waals surface area contributed by atoms with E-state index in [1.54, 1.807) is 0 Å². The number of hydrogen-bond acceptors (Lipinski definition) is 3. The Morgan fingerprint density at radius 1 is 1.06 bits per heavy atom. The molecule has 0 spiro atoms. The minimum atomic E-state index is 0.785. The predicted octanol–water partition coefficient (Wildman–Crippen LogP) is 7.72. The molecule has 2 rings (SSSR count). The van der Waals surface area contributed by atoms with Crippen LogP contribution in [0, 0.1) is 6.92 Å². The molecule has 0 saturated heterocycles. The topological polar surface area (TPSA) is 28.2 Å². The van der Waals surface area contributed by atoms with E-state index in [1.165, 1.54) is 17.0 Å². The second kappa shape index (κ2) is 14.6. The van der Waals surface area contributed by atoms with Gasteiger partial charge in [-0.2, -0.15) is 0 Å². The van der Waals surface area contributed by atoms with Gasteiger partial charge in [-0.05, 0) is 80.2 Å².